The molecule has 0 heterocycles. The minimum absolute atomic E-state index is 0.0759. The van der Waals surface area contributed by atoms with E-state index in [0.29, 0.717) is 29.4 Å². The lowest BCUT2D eigenvalue weighted by atomic mass is 10.1. The zero-order valence-corrected chi connectivity index (χ0v) is 16.0. The summed E-state index contributed by atoms with van der Waals surface area (Å²) < 4.78 is 15.6. The third-order valence-electron chi connectivity index (χ3n) is 3.88. The van der Waals surface area contributed by atoms with Gasteiger partial charge in [0.25, 0.3) is 5.91 Å². The molecule has 3 N–H and O–H groups in total. The van der Waals surface area contributed by atoms with Crippen molar-refractivity contribution in [2.45, 2.75) is 13.0 Å². The normalized spacial score (nSPS) is 11.3. The molecule has 1 atom stereocenters. The van der Waals surface area contributed by atoms with Gasteiger partial charge in [-0.3, -0.25) is 4.79 Å². The predicted octanol–water partition coefficient (Wildman–Crippen LogP) is 2.29. The van der Waals surface area contributed by atoms with Crippen LogP contribution in [0.3, 0.4) is 0 Å². The maximum atomic E-state index is 12.4. The zero-order chi connectivity index (χ0) is 20.5. The number of ether oxygens (including phenoxy) is 3. The Balaban J connectivity index is 2.03. The van der Waals surface area contributed by atoms with Crippen LogP contribution < -0.4 is 20.1 Å². The molecule has 2 aromatic carbocycles. The minimum Gasteiger partial charge on any atom is -0.493 e. The van der Waals surface area contributed by atoms with E-state index in [1.54, 1.807) is 42.5 Å². The van der Waals surface area contributed by atoms with Gasteiger partial charge < -0.3 is 30.0 Å². The molecule has 0 fully saturated rings. The van der Waals surface area contributed by atoms with E-state index >= 15 is 0 Å². The van der Waals surface area contributed by atoms with Gasteiger partial charge in [0.05, 0.1) is 26.4 Å². The lowest BCUT2D eigenvalue weighted by molar-refractivity contribution is -0.123. The van der Waals surface area contributed by atoms with Crippen LogP contribution in [0.1, 0.15) is 17.3 Å². The summed E-state index contributed by atoms with van der Waals surface area (Å²) in [6, 6.07) is 11.6. The van der Waals surface area contributed by atoms with Crippen LogP contribution in [0.2, 0.25) is 0 Å². The summed E-state index contributed by atoms with van der Waals surface area (Å²) in [6.07, 6.45) is -1.02. The molecule has 0 aliphatic carbocycles. The van der Waals surface area contributed by atoms with E-state index in [-0.39, 0.29) is 12.2 Å². The van der Waals surface area contributed by atoms with Crippen LogP contribution >= 0.6 is 0 Å². The Morgan fingerprint density at radius 1 is 1.07 bits per heavy atom. The summed E-state index contributed by atoms with van der Waals surface area (Å²) in [6.45, 7) is 1.70. The molecule has 0 aliphatic rings. The average molecular weight is 388 g/mol. The fraction of sp³-hybridized carbons (Fsp3) is 0.300. The summed E-state index contributed by atoms with van der Waals surface area (Å²) in [5, 5.41) is 14.5. The molecule has 0 bridgehead atoms. The summed E-state index contributed by atoms with van der Waals surface area (Å²) in [4.78, 5) is 24.8. The van der Waals surface area contributed by atoms with Gasteiger partial charge in [0.2, 0.25) is 0 Å². The first-order chi connectivity index (χ1) is 13.5. The van der Waals surface area contributed by atoms with E-state index in [0.717, 1.165) is 0 Å². The zero-order valence-electron chi connectivity index (χ0n) is 16.0. The number of anilines is 2. The highest BCUT2D eigenvalue weighted by molar-refractivity contribution is 5.99. The van der Waals surface area contributed by atoms with Crippen LogP contribution in [-0.2, 0) is 9.53 Å². The third kappa shape index (κ3) is 5.37. The van der Waals surface area contributed by atoms with Gasteiger partial charge in [0.15, 0.2) is 17.6 Å². The number of esters is 1. The van der Waals surface area contributed by atoms with Gasteiger partial charge in [-0.25, -0.2) is 4.79 Å². The van der Waals surface area contributed by atoms with E-state index in [1.165, 1.54) is 21.1 Å². The molecule has 1 amide bonds. The molecule has 8 heteroatoms. The van der Waals surface area contributed by atoms with Crippen molar-refractivity contribution in [2.75, 3.05) is 38.0 Å². The number of hydrogen-bond acceptors (Lipinski definition) is 7. The third-order valence-corrected chi connectivity index (χ3v) is 3.88. The first-order valence-corrected chi connectivity index (χ1v) is 8.67. The van der Waals surface area contributed by atoms with Crippen molar-refractivity contribution >= 4 is 23.3 Å². The maximum absolute atomic E-state index is 12.4. The number of nitrogens with one attached hydrogen (secondary N) is 2. The first-order valence-electron chi connectivity index (χ1n) is 8.67. The quantitative estimate of drug-likeness (QED) is 0.566. The predicted molar refractivity (Wildman–Crippen MR) is 105 cm³/mol. The number of methoxy groups -OCH3 is 2. The van der Waals surface area contributed by atoms with Gasteiger partial charge in [-0.2, -0.15) is 0 Å². The topological polar surface area (TPSA) is 106 Å². The van der Waals surface area contributed by atoms with Gasteiger partial charge >= 0.3 is 5.97 Å². The van der Waals surface area contributed by atoms with Crippen LogP contribution in [0.25, 0.3) is 0 Å². The van der Waals surface area contributed by atoms with E-state index < -0.39 is 18.0 Å². The summed E-state index contributed by atoms with van der Waals surface area (Å²) in [5.74, 6) is -0.127. The molecular formula is C20H24N2O6. The number of hydrogen-bond donors (Lipinski definition) is 3. The van der Waals surface area contributed by atoms with Crippen LogP contribution in [0.4, 0.5) is 11.4 Å². The highest BCUT2D eigenvalue weighted by Gasteiger charge is 2.21. The SMILES string of the molecule is COc1ccc(NC(=O)[C@@H](C)OC(=O)c2ccccc2NCCO)cc1OC. The fourth-order valence-electron chi connectivity index (χ4n) is 2.44. The number of carbonyl (C=O) groups excluding carboxylic acids is 2. The molecule has 0 saturated heterocycles. The monoisotopic (exact) mass is 388 g/mol. The summed E-state index contributed by atoms with van der Waals surface area (Å²) >= 11 is 0. The number of amides is 1. The molecule has 8 nitrogen and oxygen atoms in total. The Morgan fingerprint density at radius 2 is 1.79 bits per heavy atom. The van der Waals surface area contributed by atoms with E-state index in [1.807, 2.05) is 0 Å². The lowest BCUT2D eigenvalue weighted by Crippen LogP contribution is -2.30. The van der Waals surface area contributed by atoms with Crippen molar-refractivity contribution in [3.05, 3.63) is 48.0 Å². The van der Waals surface area contributed by atoms with Crippen molar-refractivity contribution in [1.29, 1.82) is 0 Å². The standard InChI is InChI=1S/C20H24N2O6/c1-13(19(24)22-14-8-9-17(26-2)18(12-14)27-3)28-20(25)15-6-4-5-7-16(15)21-10-11-23/h4-9,12-13,21,23H,10-11H2,1-3H3,(H,22,24)/t13-/m1/s1. The molecule has 0 unspecified atom stereocenters. The molecule has 2 rings (SSSR count). The second-order valence-electron chi connectivity index (χ2n) is 5.80. The largest absolute Gasteiger partial charge is 0.493 e. The molecule has 150 valence electrons. The van der Waals surface area contributed by atoms with Crippen molar-refractivity contribution in [1.82, 2.24) is 0 Å². The van der Waals surface area contributed by atoms with E-state index in [9.17, 15) is 9.59 Å². The Hall–Kier alpha value is -3.26. The van der Waals surface area contributed by atoms with Crippen LogP contribution in [-0.4, -0.2) is 50.5 Å². The number of carbonyl (C=O) groups is 2. The minimum atomic E-state index is -1.02. The molecule has 28 heavy (non-hydrogen) atoms. The lowest BCUT2D eigenvalue weighted by Gasteiger charge is -2.16. The highest BCUT2D eigenvalue weighted by atomic mass is 16.5. The molecule has 0 radical (unpaired) electrons. The first kappa shape index (κ1) is 21.0. The van der Waals surface area contributed by atoms with Gasteiger partial charge in [-0.15, -0.1) is 0 Å². The Kier molecular flexibility index (Phi) is 7.65. The number of aliphatic hydroxyl groups excluding tert-OH is 1. The molecule has 0 saturated carbocycles. The van der Waals surface area contributed by atoms with Crippen LogP contribution in [0, 0.1) is 0 Å². The summed E-state index contributed by atoms with van der Waals surface area (Å²) in [7, 11) is 3.01. The maximum Gasteiger partial charge on any atom is 0.341 e. The number of benzene rings is 2. The smallest absolute Gasteiger partial charge is 0.341 e. The molecule has 0 aliphatic heterocycles. The number of rotatable bonds is 9. The van der Waals surface area contributed by atoms with Crippen LogP contribution in [0.15, 0.2) is 42.5 Å². The Bertz CT molecular complexity index is 824. The number of para-hydroxylation sites is 1. The van der Waals surface area contributed by atoms with Crippen molar-refractivity contribution in [3.63, 3.8) is 0 Å². The molecule has 0 aromatic heterocycles. The van der Waals surface area contributed by atoms with Crippen LogP contribution in [0.5, 0.6) is 11.5 Å². The van der Waals surface area contributed by atoms with Crippen molar-refractivity contribution < 1.29 is 28.9 Å². The Morgan fingerprint density at radius 3 is 2.46 bits per heavy atom. The summed E-state index contributed by atoms with van der Waals surface area (Å²) in [5.41, 5.74) is 1.28. The fourth-order valence-corrected chi connectivity index (χ4v) is 2.44. The molecule has 2 aromatic rings. The van der Waals surface area contributed by atoms with Gasteiger partial charge in [0.1, 0.15) is 0 Å². The second-order valence-corrected chi connectivity index (χ2v) is 5.80. The number of aliphatic hydroxyl groups is 1. The molecule has 0 spiro atoms. The van der Waals surface area contributed by atoms with Gasteiger partial charge in [-0.05, 0) is 31.2 Å². The van der Waals surface area contributed by atoms with E-state index in [2.05, 4.69) is 10.6 Å². The highest BCUT2D eigenvalue weighted by Crippen LogP contribution is 2.29. The molecular weight excluding hydrogens is 364 g/mol. The Labute approximate surface area is 163 Å². The average Bonchev–Trinajstić information content (AvgIpc) is 2.72. The van der Waals surface area contributed by atoms with E-state index in [4.69, 9.17) is 19.3 Å². The van der Waals surface area contributed by atoms with Gasteiger partial charge in [-0.1, -0.05) is 12.1 Å². The van der Waals surface area contributed by atoms with Gasteiger partial charge in [0, 0.05) is 24.0 Å². The van der Waals surface area contributed by atoms with Crippen molar-refractivity contribution in [2.24, 2.45) is 0 Å². The second kappa shape index (κ2) is 10.2. The van der Waals surface area contributed by atoms with Crippen molar-refractivity contribution in [3.8, 4) is 11.5 Å².